The number of halogens is 1. The first-order chi connectivity index (χ1) is 14.6. The summed E-state index contributed by atoms with van der Waals surface area (Å²) in [7, 11) is 0. The number of amides is 1. The van der Waals surface area contributed by atoms with Gasteiger partial charge in [-0.05, 0) is 43.4 Å². The molecule has 3 aliphatic rings. The molecular formula is C24H27FN2O3. The largest absolute Gasteiger partial charge is 0.491 e. The summed E-state index contributed by atoms with van der Waals surface area (Å²) < 4.78 is 27.3. The second-order valence-corrected chi connectivity index (χ2v) is 8.50. The quantitative estimate of drug-likeness (QED) is 0.766. The molecule has 0 spiro atoms. The lowest BCUT2D eigenvalue weighted by atomic mass is 10.0. The SMILES string of the molecule is Cc1cc2c(c(N3CCCC3)c1F)C(=O)N1C[C@@H](OCc3ccccc3)C[C@@H]1CO2. The van der Waals surface area contributed by atoms with Gasteiger partial charge in [-0.1, -0.05) is 30.3 Å². The Morgan fingerprint density at radius 3 is 2.73 bits per heavy atom. The van der Waals surface area contributed by atoms with Crippen LogP contribution in [-0.4, -0.2) is 49.2 Å². The molecule has 5 nitrogen and oxygen atoms in total. The zero-order chi connectivity index (χ0) is 20.7. The minimum atomic E-state index is -0.304. The first-order valence-electron chi connectivity index (χ1n) is 10.8. The van der Waals surface area contributed by atoms with Crippen molar-refractivity contribution in [1.29, 1.82) is 0 Å². The van der Waals surface area contributed by atoms with Crippen LogP contribution in [0.5, 0.6) is 5.75 Å². The van der Waals surface area contributed by atoms with E-state index >= 15 is 4.39 Å². The molecule has 3 heterocycles. The van der Waals surface area contributed by atoms with Gasteiger partial charge in [0.05, 0.1) is 24.4 Å². The van der Waals surface area contributed by atoms with Gasteiger partial charge in [-0.3, -0.25) is 4.79 Å². The number of hydrogen-bond acceptors (Lipinski definition) is 4. The van der Waals surface area contributed by atoms with Crippen LogP contribution in [0.1, 0.15) is 40.7 Å². The fourth-order valence-corrected chi connectivity index (χ4v) is 4.82. The summed E-state index contributed by atoms with van der Waals surface area (Å²) in [6.07, 6.45) is 2.71. The van der Waals surface area contributed by atoms with E-state index in [4.69, 9.17) is 9.47 Å². The molecule has 0 aliphatic carbocycles. The number of carbonyl (C=O) groups excluding carboxylic acids is 1. The molecule has 30 heavy (non-hydrogen) atoms. The Bertz CT molecular complexity index is 943. The van der Waals surface area contributed by atoms with Crippen LogP contribution in [0.15, 0.2) is 36.4 Å². The Hall–Kier alpha value is -2.60. The average molecular weight is 410 g/mol. The number of ether oxygens (including phenoxy) is 2. The van der Waals surface area contributed by atoms with Crippen LogP contribution in [0.2, 0.25) is 0 Å². The third-order valence-corrected chi connectivity index (χ3v) is 6.42. The minimum Gasteiger partial charge on any atom is -0.491 e. The van der Waals surface area contributed by atoms with Crippen LogP contribution >= 0.6 is 0 Å². The lowest BCUT2D eigenvalue weighted by Crippen LogP contribution is -2.37. The Morgan fingerprint density at radius 2 is 1.97 bits per heavy atom. The van der Waals surface area contributed by atoms with E-state index in [0.717, 1.165) is 37.9 Å². The van der Waals surface area contributed by atoms with Crippen LogP contribution < -0.4 is 9.64 Å². The standard InChI is InChI=1S/C24H27FN2O3/c1-16-11-20-21(23(22(16)25)26-9-5-6-10-26)24(28)27-13-19(12-18(27)15-30-20)29-14-17-7-3-2-4-8-17/h2-4,7-8,11,18-19H,5-6,9-10,12-15H2,1H3/t18-,19+/m1/s1. The first-order valence-corrected chi connectivity index (χ1v) is 10.8. The number of nitrogens with zero attached hydrogens (tertiary/aromatic N) is 2. The molecule has 1 amide bonds. The van der Waals surface area contributed by atoms with Crippen molar-refractivity contribution in [2.45, 2.75) is 44.9 Å². The van der Waals surface area contributed by atoms with Crippen molar-refractivity contribution in [1.82, 2.24) is 4.90 Å². The summed E-state index contributed by atoms with van der Waals surface area (Å²) in [5.74, 6) is 0.0678. The second kappa shape index (κ2) is 7.91. The van der Waals surface area contributed by atoms with Crippen LogP contribution in [0, 0.1) is 12.7 Å². The van der Waals surface area contributed by atoms with Crippen molar-refractivity contribution in [3.63, 3.8) is 0 Å². The highest BCUT2D eigenvalue weighted by Gasteiger charge is 2.42. The minimum absolute atomic E-state index is 0.0464. The van der Waals surface area contributed by atoms with Gasteiger partial charge in [-0.25, -0.2) is 4.39 Å². The Balaban J connectivity index is 1.40. The fourth-order valence-electron chi connectivity index (χ4n) is 4.82. The zero-order valence-corrected chi connectivity index (χ0v) is 17.3. The van der Waals surface area contributed by atoms with Crippen LogP contribution in [0.4, 0.5) is 10.1 Å². The number of aryl methyl sites for hydroxylation is 1. The summed E-state index contributed by atoms with van der Waals surface area (Å²) in [6, 6.07) is 11.6. The van der Waals surface area contributed by atoms with Crippen molar-refractivity contribution in [3.8, 4) is 5.75 Å². The molecule has 2 aromatic carbocycles. The zero-order valence-electron chi connectivity index (χ0n) is 17.3. The molecule has 0 bridgehead atoms. The normalized spacial score (nSPS) is 23.2. The van der Waals surface area contributed by atoms with Crippen LogP contribution in [0.25, 0.3) is 0 Å². The van der Waals surface area contributed by atoms with Gasteiger partial charge in [0.1, 0.15) is 23.7 Å². The Kier molecular flexibility index (Phi) is 5.11. The van der Waals surface area contributed by atoms with E-state index in [-0.39, 0.29) is 23.9 Å². The smallest absolute Gasteiger partial charge is 0.260 e. The molecule has 158 valence electrons. The Labute approximate surface area is 176 Å². The van der Waals surface area contributed by atoms with Crippen molar-refractivity contribution in [2.24, 2.45) is 0 Å². The highest BCUT2D eigenvalue weighted by atomic mass is 19.1. The van der Waals surface area contributed by atoms with E-state index in [0.29, 0.717) is 42.3 Å². The number of hydrogen-bond donors (Lipinski definition) is 0. The van der Waals surface area contributed by atoms with Crippen LogP contribution in [0.3, 0.4) is 0 Å². The number of fused-ring (bicyclic) bond motifs is 2. The van der Waals surface area contributed by atoms with Crippen molar-refractivity contribution < 1.29 is 18.7 Å². The molecule has 2 fully saturated rings. The topological polar surface area (TPSA) is 42.0 Å². The molecule has 0 unspecified atom stereocenters. The molecule has 0 saturated carbocycles. The van der Waals surface area contributed by atoms with E-state index in [1.807, 2.05) is 40.1 Å². The number of anilines is 1. The average Bonchev–Trinajstić information content (AvgIpc) is 3.41. The molecule has 0 aromatic heterocycles. The molecule has 2 saturated heterocycles. The number of rotatable bonds is 4. The summed E-state index contributed by atoms with van der Waals surface area (Å²) in [4.78, 5) is 17.4. The summed E-state index contributed by atoms with van der Waals surface area (Å²) in [5, 5.41) is 0. The second-order valence-electron chi connectivity index (χ2n) is 8.50. The van der Waals surface area contributed by atoms with Gasteiger partial charge < -0.3 is 19.3 Å². The molecule has 2 atom stereocenters. The lowest BCUT2D eigenvalue weighted by Gasteiger charge is -2.25. The van der Waals surface area contributed by atoms with Gasteiger partial charge in [0, 0.05) is 19.6 Å². The van der Waals surface area contributed by atoms with E-state index in [1.54, 1.807) is 13.0 Å². The summed E-state index contributed by atoms with van der Waals surface area (Å²) in [5.41, 5.74) is 2.43. The maximum atomic E-state index is 15.2. The third-order valence-electron chi connectivity index (χ3n) is 6.42. The van der Waals surface area contributed by atoms with Gasteiger partial charge in [0.15, 0.2) is 0 Å². The molecule has 0 N–H and O–H groups in total. The van der Waals surface area contributed by atoms with Crippen LogP contribution in [-0.2, 0) is 11.3 Å². The molecular weight excluding hydrogens is 383 g/mol. The van der Waals surface area contributed by atoms with E-state index in [9.17, 15) is 4.79 Å². The molecule has 2 aromatic rings. The maximum Gasteiger partial charge on any atom is 0.260 e. The van der Waals surface area contributed by atoms with E-state index in [2.05, 4.69) is 0 Å². The highest BCUT2D eigenvalue weighted by molar-refractivity contribution is 6.03. The lowest BCUT2D eigenvalue weighted by molar-refractivity contribution is 0.0437. The molecule has 3 aliphatic heterocycles. The van der Waals surface area contributed by atoms with E-state index < -0.39 is 0 Å². The maximum absolute atomic E-state index is 15.2. The fraction of sp³-hybridized carbons (Fsp3) is 0.458. The van der Waals surface area contributed by atoms with Gasteiger partial charge in [-0.15, -0.1) is 0 Å². The highest BCUT2D eigenvalue weighted by Crippen LogP contribution is 2.40. The van der Waals surface area contributed by atoms with Gasteiger partial charge in [0.2, 0.25) is 0 Å². The van der Waals surface area contributed by atoms with E-state index in [1.165, 1.54) is 0 Å². The van der Waals surface area contributed by atoms with Gasteiger partial charge in [-0.2, -0.15) is 0 Å². The van der Waals surface area contributed by atoms with Gasteiger partial charge in [0.25, 0.3) is 5.91 Å². The molecule has 0 radical (unpaired) electrons. The summed E-state index contributed by atoms with van der Waals surface area (Å²) in [6.45, 7) is 4.72. The van der Waals surface area contributed by atoms with Crippen molar-refractivity contribution >= 4 is 11.6 Å². The monoisotopic (exact) mass is 410 g/mol. The number of benzene rings is 2. The summed E-state index contributed by atoms with van der Waals surface area (Å²) >= 11 is 0. The Morgan fingerprint density at radius 1 is 1.20 bits per heavy atom. The predicted molar refractivity (Wildman–Crippen MR) is 113 cm³/mol. The molecule has 5 rings (SSSR count). The van der Waals surface area contributed by atoms with Crippen molar-refractivity contribution in [3.05, 3.63) is 58.9 Å². The third kappa shape index (κ3) is 3.43. The van der Waals surface area contributed by atoms with Crippen molar-refractivity contribution in [2.75, 3.05) is 31.1 Å². The number of carbonyl (C=O) groups is 1. The first kappa shape index (κ1) is 19.4. The predicted octanol–water partition coefficient (Wildman–Crippen LogP) is 3.93. The van der Waals surface area contributed by atoms with Gasteiger partial charge >= 0.3 is 0 Å². The molecule has 6 heteroatoms.